The number of benzene rings is 1. The molecule has 1 aliphatic heterocycles. The van der Waals surface area contributed by atoms with Crippen LogP contribution in [0.2, 0.25) is 0 Å². The second-order valence-corrected chi connectivity index (χ2v) is 7.06. The normalized spacial score (nSPS) is 20.3. The van der Waals surface area contributed by atoms with Gasteiger partial charge in [-0.3, -0.25) is 9.89 Å². The largest absolute Gasteiger partial charge is 0.497 e. The maximum atomic E-state index is 6.04. The molecule has 0 bridgehead atoms. The van der Waals surface area contributed by atoms with Gasteiger partial charge in [0.05, 0.1) is 13.7 Å². The van der Waals surface area contributed by atoms with Crippen LogP contribution in [0.25, 0.3) is 0 Å². The first-order chi connectivity index (χ1) is 10.9. The third kappa shape index (κ3) is 5.13. The number of hydrogen-bond donors (Lipinski definition) is 2. The summed E-state index contributed by atoms with van der Waals surface area (Å²) in [6.07, 6.45) is 2.60. The minimum atomic E-state index is 0.0232. The molecular weight excluding hydrogens is 288 g/mol. The highest BCUT2D eigenvalue weighted by molar-refractivity contribution is 5.92. The quantitative estimate of drug-likeness (QED) is 0.647. The molecule has 2 rings (SSSR count). The van der Waals surface area contributed by atoms with Crippen LogP contribution >= 0.6 is 0 Å². The molecule has 1 aromatic carbocycles. The van der Waals surface area contributed by atoms with Crippen LogP contribution in [0.5, 0.6) is 5.75 Å². The van der Waals surface area contributed by atoms with Gasteiger partial charge >= 0.3 is 0 Å². The van der Waals surface area contributed by atoms with Gasteiger partial charge in [-0.1, -0.05) is 13.0 Å². The van der Waals surface area contributed by atoms with Crippen LogP contribution in [-0.4, -0.2) is 43.1 Å². The Bertz CT molecular complexity index is 542. The van der Waals surface area contributed by atoms with Gasteiger partial charge in [0, 0.05) is 23.8 Å². The van der Waals surface area contributed by atoms with E-state index in [1.807, 2.05) is 24.3 Å². The van der Waals surface area contributed by atoms with E-state index in [2.05, 4.69) is 36.0 Å². The summed E-state index contributed by atoms with van der Waals surface area (Å²) in [5.74, 6) is 2.00. The van der Waals surface area contributed by atoms with E-state index in [4.69, 9.17) is 10.5 Å². The van der Waals surface area contributed by atoms with E-state index in [0.29, 0.717) is 12.5 Å². The second-order valence-electron chi connectivity index (χ2n) is 7.06. The number of anilines is 1. The standard InChI is InChI=1S/C18H30N4O/c1-14-7-6-10-22(12-14)18(2,3)13-20-17(19)21-15-8-5-9-16(11-15)23-4/h5,8-9,11,14H,6-7,10,12-13H2,1-4H3,(H3,19,20,21). The summed E-state index contributed by atoms with van der Waals surface area (Å²) in [5.41, 5.74) is 6.95. The first kappa shape index (κ1) is 17.6. The molecule has 5 heteroatoms. The fraction of sp³-hybridized carbons (Fsp3) is 0.611. The lowest BCUT2D eigenvalue weighted by Crippen LogP contribution is -2.51. The van der Waals surface area contributed by atoms with Crippen LogP contribution < -0.4 is 15.8 Å². The van der Waals surface area contributed by atoms with Crippen molar-refractivity contribution in [2.45, 2.75) is 39.2 Å². The molecule has 1 aromatic rings. The van der Waals surface area contributed by atoms with E-state index in [1.165, 1.54) is 12.8 Å². The number of hydrogen-bond acceptors (Lipinski definition) is 3. The molecule has 1 heterocycles. The molecule has 0 spiro atoms. The Hall–Kier alpha value is -1.75. The number of piperidine rings is 1. The van der Waals surface area contributed by atoms with Crippen LogP contribution in [-0.2, 0) is 0 Å². The highest BCUT2D eigenvalue weighted by Gasteiger charge is 2.29. The van der Waals surface area contributed by atoms with Crippen molar-refractivity contribution in [2.24, 2.45) is 16.6 Å². The third-order valence-corrected chi connectivity index (χ3v) is 4.49. The number of nitrogens with two attached hydrogens (primary N) is 1. The van der Waals surface area contributed by atoms with E-state index >= 15 is 0 Å². The zero-order valence-corrected chi connectivity index (χ0v) is 14.8. The van der Waals surface area contributed by atoms with Crippen molar-refractivity contribution < 1.29 is 4.74 Å². The summed E-state index contributed by atoms with van der Waals surface area (Å²) in [5, 5.41) is 3.13. The van der Waals surface area contributed by atoms with Crippen LogP contribution in [0.3, 0.4) is 0 Å². The van der Waals surface area contributed by atoms with E-state index in [-0.39, 0.29) is 5.54 Å². The number of ether oxygens (including phenoxy) is 1. The molecule has 0 radical (unpaired) electrons. The van der Waals surface area contributed by atoms with Crippen LogP contribution in [0.15, 0.2) is 29.3 Å². The van der Waals surface area contributed by atoms with E-state index in [0.717, 1.165) is 30.4 Å². The maximum absolute atomic E-state index is 6.04. The van der Waals surface area contributed by atoms with Gasteiger partial charge in [-0.2, -0.15) is 0 Å². The van der Waals surface area contributed by atoms with Crippen molar-refractivity contribution in [2.75, 3.05) is 32.1 Å². The summed E-state index contributed by atoms with van der Waals surface area (Å²) >= 11 is 0. The Labute approximate surface area is 139 Å². The highest BCUT2D eigenvalue weighted by atomic mass is 16.5. The predicted molar refractivity (Wildman–Crippen MR) is 97.2 cm³/mol. The molecule has 0 amide bonds. The topological polar surface area (TPSA) is 62.9 Å². The van der Waals surface area contributed by atoms with Gasteiger partial charge in [-0.15, -0.1) is 0 Å². The number of nitrogens with zero attached hydrogens (tertiary/aromatic N) is 2. The molecule has 1 fully saturated rings. The zero-order chi connectivity index (χ0) is 16.9. The molecule has 23 heavy (non-hydrogen) atoms. The lowest BCUT2D eigenvalue weighted by Gasteiger charge is -2.42. The number of aliphatic imine (C=N–C) groups is 1. The minimum absolute atomic E-state index is 0.0232. The fourth-order valence-electron chi connectivity index (χ4n) is 3.01. The summed E-state index contributed by atoms with van der Waals surface area (Å²) in [4.78, 5) is 7.08. The van der Waals surface area contributed by atoms with Crippen LogP contribution in [0.4, 0.5) is 5.69 Å². The molecule has 0 aliphatic carbocycles. The van der Waals surface area contributed by atoms with Crippen LogP contribution in [0, 0.1) is 5.92 Å². The molecule has 5 nitrogen and oxygen atoms in total. The van der Waals surface area contributed by atoms with Crippen LogP contribution in [0.1, 0.15) is 33.6 Å². The van der Waals surface area contributed by atoms with E-state index in [9.17, 15) is 0 Å². The van der Waals surface area contributed by atoms with Gasteiger partial charge < -0.3 is 15.8 Å². The van der Waals surface area contributed by atoms with Gasteiger partial charge in [-0.25, -0.2) is 0 Å². The minimum Gasteiger partial charge on any atom is -0.497 e. The number of rotatable bonds is 5. The highest BCUT2D eigenvalue weighted by Crippen LogP contribution is 2.24. The molecule has 1 atom stereocenters. The van der Waals surface area contributed by atoms with Crippen molar-refractivity contribution in [3.8, 4) is 5.75 Å². The summed E-state index contributed by atoms with van der Waals surface area (Å²) in [6, 6.07) is 7.68. The first-order valence-corrected chi connectivity index (χ1v) is 8.37. The molecule has 0 aromatic heterocycles. The Kier molecular flexibility index (Phi) is 5.88. The monoisotopic (exact) mass is 318 g/mol. The summed E-state index contributed by atoms with van der Waals surface area (Å²) in [6.45, 7) is 9.79. The first-order valence-electron chi connectivity index (χ1n) is 8.37. The fourth-order valence-corrected chi connectivity index (χ4v) is 3.01. The molecule has 1 aliphatic rings. The molecular formula is C18H30N4O. The molecule has 1 unspecified atom stereocenters. The van der Waals surface area contributed by atoms with Gasteiger partial charge in [0.2, 0.25) is 0 Å². The van der Waals surface area contributed by atoms with Gasteiger partial charge in [0.1, 0.15) is 5.75 Å². The molecule has 0 saturated carbocycles. The molecule has 1 saturated heterocycles. The Morgan fingerprint density at radius 3 is 2.96 bits per heavy atom. The number of likely N-dealkylation sites (tertiary alicyclic amines) is 1. The van der Waals surface area contributed by atoms with Crippen molar-refractivity contribution in [1.29, 1.82) is 0 Å². The molecule has 128 valence electrons. The lowest BCUT2D eigenvalue weighted by molar-refractivity contribution is 0.0775. The van der Waals surface area contributed by atoms with Crippen molar-refractivity contribution in [3.63, 3.8) is 0 Å². The summed E-state index contributed by atoms with van der Waals surface area (Å²) in [7, 11) is 1.65. The smallest absolute Gasteiger partial charge is 0.193 e. The molecule has 3 N–H and O–H groups in total. The van der Waals surface area contributed by atoms with Crippen molar-refractivity contribution in [1.82, 2.24) is 4.90 Å². The number of nitrogens with one attached hydrogen (secondary N) is 1. The van der Waals surface area contributed by atoms with Gasteiger partial charge in [-0.05, 0) is 51.3 Å². The van der Waals surface area contributed by atoms with Crippen molar-refractivity contribution in [3.05, 3.63) is 24.3 Å². The SMILES string of the molecule is COc1cccc(NC(N)=NCC(C)(C)N2CCCC(C)C2)c1. The van der Waals surface area contributed by atoms with E-state index < -0.39 is 0 Å². The Morgan fingerprint density at radius 2 is 2.26 bits per heavy atom. The average molecular weight is 318 g/mol. The Balaban J connectivity index is 1.94. The lowest BCUT2D eigenvalue weighted by atomic mass is 9.94. The predicted octanol–water partition coefficient (Wildman–Crippen LogP) is 2.93. The van der Waals surface area contributed by atoms with E-state index in [1.54, 1.807) is 7.11 Å². The third-order valence-electron chi connectivity index (χ3n) is 4.49. The summed E-state index contributed by atoms with van der Waals surface area (Å²) < 4.78 is 5.21. The number of guanidine groups is 1. The number of methoxy groups -OCH3 is 1. The average Bonchev–Trinajstić information content (AvgIpc) is 2.53. The Morgan fingerprint density at radius 1 is 1.48 bits per heavy atom. The maximum Gasteiger partial charge on any atom is 0.193 e. The van der Waals surface area contributed by atoms with Crippen molar-refractivity contribution >= 4 is 11.6 Å². The zero-order valence-electron chi connectivity index (χ0n) is 14.8. The van der Waals surface area contributed by atoms with Gasteiger partial charge in [0.25, 0.3) is 0 Å². The second kappa shape index (κ2) is 7.68. The van der Waals surface area contributed by atoms with Gasteiger partial charge in [0.15, 0.2) is 5.96 Å².